The van der Waals surface area contributed by atoms with Crippen LogP contribution in [-0.2, 0) is 4.79 Å². The molecule has 0 aromatic heterocycles. The molecule has 3 heteroatoms. The molecule has 0 rings (SSSR count). The molecule has 0 aromatic rings. The number of aliphatic hydroxyl groups excluding tert-OH is 1. The maximum absolute atomic E-state index is 10.2. The Labute approximate surface area is 92.5 Å². The average Bonchev–Trinajstić information content (AvgIpc) is 2.21. The zero-order valence-electron chi connectivity index (χ0n) is 9.74. The number of carbonyl (C=O) groups is 1. The third kappa shape index (κ3) is 11.4. The normalized spacial score (nSPS) is 12.7. The summed E-state index contributed by atoms with van der Waals surface area (Å²) in [5.41, 5.74) is 0. The second kappa shape index (κ2) is 9.97. The maximum atomic E-state index is 10.2. The second-order valence-electron chi connectivity index (χ2n) is 4.12. The molecule has 2 N–H and O–H groups in total. The van der Waals surface area contributed by atoms with Gasteiger partial charge in [0, 0.05) is 6.42 Å². The summed E-state index contributed by atoms with van der Waals surface area (Å²) in [7, 11) is 0. The van der Waals surface area contributed by atoms with Crippen molar-refractivity contribution in [1.29, 1.82) is 0 Å². The van der Waals surface area contributed by atoms with Gasteiger partial charge in [-0.05, 0) is 19.3 Å². The summed E-state index contributed by atoms with van der Waals surface area (Å²) >= 11 is 0. The Morgan fingerprint density at radius 1 is 1.07 bits per heavy atom. The van der Waals surface area contributed by atoms with E-state index >= 15 is 0 Å². The minimum absolute atomic E-state index is 0.128. The van der Waals surface area contributed by atoms with E-state index in [0.717, 1.165) is 51.4 Å². The van der Waals surface area contributed by atoms with Crippen molar-refractivity contribution in [2.75, 3.05) is 0 Å². The van der Waals surface area contributed by atoms with E-state index in [1.165, 1.54) is 0 Å². The van der Waals surface area contributed by atoms with Crippen LogP contribution in [0.25, 0.3) is 0 Å². The van der Waals surface area contributed by atoms with Crippen LogP contribution in [0.1, 0.15) is 64.7 Å². The molecule has 0 aliphatic rings. The molecule has 1 unspecified atom stereocenters. The van der Waals surface area contributed by atoms with Crippen LogP contribution in [0.15, 0.2) is 0 Å². The molecule has 0 amide bonds. The van der Waals surface area contributed by atoms with Crippen molar-refractivity contribution in [2.24, 2.45) is 0 Å². The Morgan fingerprint density at radius 3 is 2.13 bits per heavy atom. The van der Waals surface area contributed by atoms with Crippen LogP contribution in [0.3, 0.4) is 0 Å². The number of rotatable bonds is 10. The number of aliphatic hydroxyl groups is 1. The first-order chi connectivity index (χ1) is 7.16. The van der Waals surface area contributed by atoms with E-state index in [4.69, 9.17) is 5.11 Å². The summed E-state index contributed by atoms with van der Waals surface area (Å²) in [6, 6.07) is 0. The highest BCUT2D eigenvalue weighted by atomic mass is 16.4. The molecule has 0 aliphatic heterocycles. The number of aliphatic carboxylic acids is 1. The Balaban J connectivity index is 3.02. The van der Waals surface area contributed by atoms with E-state index in [1.54, 1.807) is 0 Å². The molecule has 0 fully saturated rings. The van der Waals surface area contributed by atoms with Gasteiger partial charge in [-0.1, -0.05) is 39.0 Å². The molecule has 0 bridgehead atoms. The second-order valence-corrected chi connectivity index (χ2v) is 4.12. The fourth-order valence-corrected chi connectivity index (χ4v) is 1.57. The minimum Gasteiger partial charge on any atom is -0.481 e. The van der Waals surface area contributed by atoms with Gasteiger partial charge in [-0.25, -0.2) is 0 Å². The van der Waals surface area contributed by atoms with Gasteiger partial charge in [-0.2, -0.15) is 0 Å². The maximum Gasteiger partial charge on any atom is 0.303 e. The summed E-state index contributed by atoms with van der Waals surface area (Å²) < 4.78 is 0. The van der Waals surface area contributed by atoms with Crippen molar-refractivity contribution in [3.8, 4) is 0 Å². The van der Waals surface area contributed by atoms with Crippen molar-refractivity contribution in [2.45, 2.75) is 70.8 Å². The number of unbranched alkanes of at least 4 members (excludes halogenated alkanes) is 5. The third-order valence-electron chi connectivity index (χ3n) is 2.65. The molecule has 0 aliphatic carbocycles. The quantitative estimate of drug-likeness (QED) is 0.552. The topological polar surface area (TPSA) is 57.5 Å². The highest BCUT2D eigenvalue weighted by molar-refractivity contribution is 5.66. The van der Waals surface area contributed by atoms with Gasteiger partial charge >= 0.3 is 5.97 Å². The Kier molecular flexibility index (Phi) is 9.59. The number of hydrogen-bond acceptors (Lipinski definition) is 2. The summed E-state index contributed by atoms with van der Waals surface area (Å²) in [5.74, 6) is -0.693. The molecule has 0 spiro atoms. The van der Waals surface area contributed by atoms with Gasteiger partial charge in [0.1, 0.15) is 0 Å². The monoisotopic (exact) mass is 216 g/mol. The zero-order valence-corrected chi connectivity index (χ0v) is 9.74. The SMILES string of the molecule is CCC(O)CCCCCCCCC(=O)O. The molecular weight excluding hydrogens is 192 g/mol. The molecule has 0 aromatic carbocycles. The Hall–Kier alpha value is -0.570. The van der Waals surface area contributed by atoms with Gasteiger partial charge in [-0.3, -0.25) is 4.79 Å². The van der Waals surface area contributed by atoms with Crippen LogP contribution in [0.4, 0.5) is 0 Å². The van der Waals surface area contributed by atoms with E-state index in [0.29, 0.717) is 6.42 Å². The lowest BCUT2D eigenvalue weighted by atomic mass is 10.1. The van der Waals surface area contributed by atoms with Gasteiger partial charge < -0.3 is 10.2 Å². The van der Waals surface area contributed by atoms with Gasteiger partial charge in [-0.15, -0.1) is 0 Å². The summed E-state index contributed by atoms with van der Waals surface area (Å²) in [6.07, 6.45) is 8.27. The molecule has 0 heterocycles. The van der Waals surface area contributed by atoms with Crippen LogP contribution in [0.2, 0.25) is 0 Å². The predicted octanol–water partition coefficient (Wildman–Crippen LogP) is 2.96. The van der Waals surface area contributed by atoms with Crippen molar-refractivity contribution in [3.63, 3.8) is 0 Å². The van der Waals surface area contributed by atoms with Crippen molar-refractivity contribution < 1.29 is 15.0 Å². The van der Waals surface area contributed by atoms with Gasteiger partial charge in [0.25, 0.3) is 0 Å². The molecule has 90 valence electrons. The van der Waals surface area contributed by atoms with Gasteiger partial charge in [0.2, 0.25) is 0 Å². The first-order valence-corrected chi connectivity index (χ1v) is 6.06. The van der Waals surface area contributed by atoms with Gasteiger partial charge in [0.05, 0.1) is 6.10 Å². The van der Waals surface area contributed by atoms with Crippen LogP contribution in [0.5, 0.6) is 0 Å². The Bertz CT molecular complexity index is 157. The van der Waals surface area contributed by atoms with Crippen LogP contribution < -0.4 is 0 Å². The van der Waals surface area contributed by atoms with E-state index in [2.05, 4.69) is 0 Å². The standard InChI is InChI=1S/C12H24O3/c1-2-11(13)9-7-5-3-4-6-8-10-12(14)15/h11,13H,2-10H2,1H3,(H,14,15). The molecule has 0 saturated carbocycles. The van der Waals surface area contributed by atoms with Crippen molar-refractivity contribution >= 4 is 5.97 Å². The summed E-state index contributed by atoms with van der Waals surface area (Å²) in [4.78, 5) is 10.2. The molecule has 0 saturated heterocycles. The van der Waals surface area contributed by atoms with E-state index in [-0.39, 0.29) is 6.10 Å². The first kappa shape index (κ1) is 14.4. The van der Waals surface area contributed by atoms with Crippen LogP contribution >= 0.6 is 0 Å². The number of hydrogen-bond donors (Lipinski definition) is 2. The largest absolute Gasteiger partial charge is 0.481 e. The minimum atomic E-state index is -0.693. The summed E-state index contributed by atoms with van der Waals surface area (Å²) in [6.45, 7) is 2.00. The molecule has 3 nitrogen and oxygen atoms in total. The Morgan fingerprint density at radius 2 is 1.60 bits per heavy atom. The van der Waals surface area contributed by atoms with Crippen LogP contribution in [0, 0.1) is 0 Å². The average molecular weight is 216 g/mol. The number of carboxylic acids is 1. The fraction of sp³-hybridized carbons (Fsp3) is 0.917. The molecular formula is C12H24O3. The zero-order chi connectivity index (χ0) is 11.5. The van der Waals surface area contributed by atoms with E-state index < -0.39 is 5.97 Å². The third-order valence-corrected chi connectivity index (χ3v) is 2.65. The van der Waals surface area contributed by atoms with E-state index in [1.807, 2.05) is 6.92 Å². The fourth-order valence-electron chi connectivity index (χ4n) is 1.57. The van der Waals surface area contributed by atoms with E-state index in [9.17, 15) is 9.90 Å². The highest BCUT2D eigenvalue weighted by Gasteiger charge is 2.00. The lowest BCUT2D eigenvalue weighted by Gasteiger charge is -2.06. The van der Waals surface area contributed by atoms with Crippen molar-refractivity contribution in [1.82, 2.24) is 0 Å². The molecule has 1 atom stereocenters. The smallest absolute Gasteiger partial charge is 0.303 e. The van der Waals surface area contributed by atoms with Crippen molar-refractivity contribution in [3.05, 3.63) is 0 Å². The number of carboxylic acid groups (broad SMARTS) is 1. The lowest BCUT2D eigenvalue weighted by Crippen LogP contribution is -2.03. The van der Waals surface area contributed by atoms with Gasteiger partial charge in [0.15, 0.2) is 0 Å². The van der Waals surface area contributed by atoms with Crippen LogP contribution in [-0.4, -0.2) is 22.3 Å². The predicted molar refractivity (Wildman–Crippen MR) is 60.9 cm³/mol. The molecule has 0 radical (unpaired) electrons. The lowest BCUT2D eigenvalue weighted by molar-refractivity contribution is -0.137. The molecule has 15 heavy (non-hydrogen) atoms. The first-order valence-electron chi connectivity index (χ1n) is 6.06. The summed E-state index contributed by atoms with van der Waals surface area (Å²) in [5, 5.41) is 17.7. The highest BCUT2D eigenvalue weighted by Crippen LogP contribution is 2.10.